The molecular weight excluding hydrogens is 358 g/mol. The predicted molar refractivity (Wildman–Crippen MR) is 116 cm³/mol. The van der Waals surface area contributed by atoms with Crippen molar-refractivity contribution in [2.75, 3.05) is 5.32 Å². The van der Waals surface area contributed by atoms with Crippen molar-refractivity contribution in [2.24, 2.45) is 5.41 Å². The minimum Gasteiger partial charge on any atom is -0.325 e. The molecule has 0 aliphatic heterocycles. The van der Waals surface area contributed by atoms with Gasteiger partial charge in [0.1, 0.15) is 0 Å². The summed E-state index contributed by atoms with van der Waals surface area (Å²) in [5.41, 5.74) is 5.66. The highest BCUT2D eigenvalue weighted by atomic mass is 16.2. The molecule has 0 spiro atoms. The van der Waals surface area contributed by atoms with Crippen LogP contribution in [-0.2, 0) is 15.6 Å². The lowest BCUT2D eigenvalue weighted by Gasteiger charge is -2.39. The smallest absolute Gasteiger partial charge is 0.237 e. The second kappa shape index (κ2) is 5.65. The van der Waals surface area contributed by atoms with Gasteiger partial charge in [0, 0.05) is 11.1 Å². The molecule has 4 heteroatoms. The number of aryl methyl sites for hydroxylation is 2. The van der Waals surface area contributed by atoms with E-state index in [1.54, 1.807) is 0 Å². The third kappa shape index (κ3) is 2.17. The van der Waals surface area contributed by atoms with E-state index in [2.05, 4.69) is 46.0 Å². The fraction of sp³-hybridized carbons (Fsp3) is 0.400. The van der Waals surface area contributed by atoms with Crippen LogP contribution in [0.25, 0.3) is 11.0 Å². The SMILES string of the molecule is Cc1cc(C)cc(NC(=O)C23CCC(C)(c4nc5ccccc5nc42)C3(C)C)c1. The van der Waals surface area contributed by atoms with Crippen molar-refractivity contribution in [3.8, 4) is 0 Å². The number of para-hydroxylation sites is 2. The molecule has 2 unspecified atom stereocenters. The van der Waals surface area contributed by atoms with E-state index in [-0.39, 0.29) is 16.7 Å². The molecule has 3 aromatic rings. The first-order valence-electron chi connectivity index (χ1n) is 10.4. The summed E-state index contributed by atoms with van der Waals surface area (Å²) in [7, 11) is 0. The van der Waals surface area contributed by atoms with E-state index >= 15 is 0 Å². The van der Waals surface area contributed by atoms with Crippen LogP contribution in [0.1, 0.15) is 56.1 Å². The van der Waals surface area contributed by atoms with Crippen LogP contribution in [0.4, 0.5) is 5.69 Å². The van der Waals surface area contributed by atoms with Gasteiger partial charge in [-0.05, 0) is 67.5 Å². The molecule has 1 N–H and O–H groups in total. The molecule has 29 heavy (non-hydrogen) atoms. The highest BCUT2D eigenvalue weighted by molar-refractivity contribution is 6.02. The molecule has 2 atom stereocenters. The first-order chi connectivity index (χ1) is 13.7. The third-order valence-corrected chi connectivity index (χ3v) is 7.81. The zero-order valence-corrected chi connectivity index (χ0v) is 17.8. The minimum atomic E-state index is -0.675. The van der Waals surface area contributed by atoms with Crippen LogP contribution in [0, 0.1) is 19.3 Å². The van der Waals surface area contributed by atoms with Gasteiger partial charge in [0.2, 0.25) is 5.91 Å². The average molecular weight is 386 g/mol. The molecule has 2 bridgehead atoms. The number of rotatable bonds is 2. The Labute approximate surface area is 171 Å². The fourth-order valence-electron chi connectivity index (χ4n) is 5.83. The quantitative estimate of drug-likeness (QED) is 0.658. The summed E-state index contributed by atoms with van der Waals surface area (Å²) in [4.78, 5) is 23.9. The summed E-state index contributed by atoms with van der Waals surface area (Å²) in [6.07, 6.45) is 1.74. The number of aromatic nitrogens is 2. The standard InChI is InChI=1S/C25H27N3O/c1-15-12-16(2)14-17(13-15)26-22(29)25-11-10-24(5,23(25,3)4)20-21(25)28-19-9-7-6-8-18(19)27-20/h6-9,12-14H,10-11H2,1-5H3,(H,26,29). The number of benzene rings is 2. The molecule has 4 nitrogen and oxygen atoms in total. The van der Waals surface area contributed by atoms with Crippen LogP contribution in [-0.4, -0.2) is 15.9 Å². The van der Waals surface area contributed by atoms with Gasteiger partial charge in [-0.2, -0.15) is 0 Å². The number of anilines is 1. The second-order valence-corrected chi connectivity index (χ2v) is 9.60. The Morgan fingerprint density at radius 1 is 0.897 bits per heavy atom. The largest absolute Gasteiger partial charge is 0.325 e. The van der Waals surface area contributed by atoms with Crippen molar-refractivity contribution in [2.45, 2.75) is 58.3 Å². The lowest BCUT2D eigenvalue weighted by atomic mass is 9.63. The Balaban J connectivity index is 1.69. The summed E-state index contributed by atoms with van der Waals surface area (Å²) < 4.78 is 0. The van der Waals surface area contributed by atoms with E-state index in [0.29, 0.717) is 0 Å². The van der Waals surface area contributed by atoms with Crippen LogP contribution in [0.3, 0.4) is 0 Å². The lowest BCUT2D eigenvalue weighted by molar-refractivity contribution is -0.125. The van der Waals surface area contributed by atoms with E-state index in [9.17, 15) is 4.79 Å². The molecular formula is C25H27N3O. The van der Waals surface area contributed by atoms with Gasteiger partial charge in [0.05, 0.1) is 27.8 Å². The zero-order chi connectivity index (χ0) is 20.6. The lowest BCUT2D eigenvalue weighted by Crippen LogP contribution is -2.48. The minimum absolute atomic E-state index is 0.0413. The molecule has 1 aromatic heterocycles. The Hall–Kier alpha value is -2.75. The third-order valence-electron chi connectivity index (χ3n) is 7.81. The van der Waals surface area contributed by atoms with E-state index in [1.807, 2.05) is 36.4 Å². The predicted octanol–water partition coefficient (Wildman–Crippen LogP) is 5.21. The number of hydrogen-bond donors (Lipinski definition) is 1. The Morgan fingerprint density at radius 3 is 2.10 bits per heavy atom. The number of amides is 1. The van der Waals surface area contributed by atoms with Crippen molar-refractivity contribution in [3.63, 3.8) is 0 Å². The first-order valence-corrected chi connectivity index (χ1v) is 10.4. The van der Waals surface area contributed by atoms with Crippen LogP contribution in [0.5, 0.6) is 0 Å². The van der Waals surface area contributed by atoms with Crippen LogP contribution < -0.4 is 5.32 Å². The van der Waals surface area contributed by atoms with E-state index < -0.39 is 5.41 Å². The van der Waals surface area contributed by atoms with Gasteiger partial charge < -0.3 is 5.32 Å². The highest BCUT2D eigenvalue weighted by Gasteiger charge is 2.73. The van der Waals surface area contributed by atoms with Gasteiger partial charge in [-0.15, -0.1) is 0 Å². The zero-order valence-electron chi connectivity index (χ0n) is 17.8. The van der Waals surface area contributed by atoms with Crippen molar-refractivity contribution in [1.29, 1.82) is 0 Å². The summed E-state index contributed by atoms with van der Waals surface area (Å²) in [6.45, 7) is 10.8. The molecule has 148 valence electrons. The van der Waals surface area contributed by atoms with E-state index in [4.69, 9.17) is 9.97 Å². The van der Waals surface area contributed by atoms with Crippen molar-refractivity contribution < 1.29 is 4.79 Å². The number of carbonyl (C=O) groups excluding carboxylic acids is 1. The van der Waals surface area contributed by atoms with Crippen molar-refractivity contribution in [3.05, 3.63) is 65.0 Å². The first kappa shape index (κ1) is 18.3. The van der Waals surface area contributed by atoms with E-state index in [0.717, 1.165) is 52.1 Å². The Morgan fingerprint density at radius 2 is 1.48 bits per heavy atom. The highest BCUT2D eigenvalue weighted by Crippen LogP contribution is 2.70. The van der Waals surface area contributed by atoms with Crippen molar-refractivity contribution in [1.82, 2.24) is 9.97 Å². The molecule has 0 radical (unpaired) electrons. The molecule has 1 amide bonds. The maximum atomic E-state index is 13.9. The van der Waals surface area contributed by atoms with Crippen LogP contribution in [0.2, 0.25) is 0 Å². The summed E-state index contributed by atoms with van der Waals surface area (Å²) >= 11 is 0. The Kier molecular flexibility index (Phi) is 3.57. The number of hydrogen-bond acceptors (Lipinski definition) is 3. The van der Waals surface area contributed by atoms with Gasteiger partial charge in [0.25, 0.3) is 0 Å². The molecule has 2 aliphatic rings. The number of nitrogens with one attached hydrogen (secondary N) is 1. The van der Waals surface area contributed by atoms with Gasteiger partial charge >= 0.3 is 0 Å². The normalized spacial score (nSPS) is 26.5. The van der Waals surface area contributed by atoms with Crippen LogP contribution in [0.15, 0.2) is 42.5 Å². The fourth-order valence-corrected chi connectivity index (χ4v) is 5.83. The molecule has 1 heterocycles. The van der Waals surface area contributed by atoms with E-state index in [1.165, 1.54) is 0 Å². The monoisotopic (exact) mass is 385 g/mol. The summed E-state index contributed by atoms with van der Waals surface area (Å²) in [5, 5.41) is 3.24. The van der Waals surface area contributed by atoms with Gasteiger partial charge in [-0.1, -0.05) is 39.0 Å². The average Bonchev–Trinajstić information content (AvgIpc) is 2.95. The van der Waals surface area contributed by atoms with Crippen LogP contribution >= 0.6 is 0 Å². The molecule has 2 aromatic carbocycles. The molecule has 1 fully saturated rings. The molecule has 2 aliphatic carbocycles. The molecule has 0 saturated heterocycles. The molecule has 1 saturated carbocycles. The van der Waals surface area contributed by atoms with Crippen molar-refractivity contribution >= 4 is 22.6 Å². The number of nitrogens with zero attached hydrogens (tertiary/aromatic N) is 2. The Bertz CT molecular complexity index is 1160. The van der Waals surface area contributed by atoms with Gasteiger partial charge in [-0.3, -0.25) is 4.79 Å². The number of fused-ring (bicyclic) bond motifs is 6. The summed E-state index contributed by atoms with van der Waals surface area (Å²) in [6, 6.07) is 14.1. The topological polar surface area (TPSA) is 54.9 Å². The molecule has 5 rings (SSSR count). The van der Waals surface area contributed by atoms with Gasteiger partial charge in [-0.25, -0.2) is 9.97 Å². The second-order valence-electron chi connectivity index (χ2n) is 9.60. The maximum Gasteiger partial charge on any atom is 0.237 e. The number of carbonyl (C=O) groups is 1. The maximum absolute atomic E-state index is 13.9. The van der Waals surface area contributed by atoms with Gasteiger partial charge in [0.15, 0.2) is 0 Å². The summed E-state index contributed by atoms with van der Waals surface area (Å²) in [5.74, 6) is 0.0413.